The second-order valence-corrected chi connectivity index (χ2v) is 10.6. The molecule has 1 heterocycles. The first-order valence-corrected chi connectivity index (χ1v) is 13.1. The Hall–Kier alpha value is -4.62. The third-order valence-corrected chi connectivity index (χ3v) is 8.58. The third-order valence-electron chi connectivity index (χ3n) is 8.58. The van der Waals surface area contributed by atoms with E-state index in [2.05, 4.69) is 120 Å². The summed E-state index contributed by atoms with van der Waals surface area (Å²) in [7, 11) is 0. The van der Waals surface area contributed by atoms with Crippen molar-refractivity contribution in [2.45, 2.75) is 12.8 Å². The number of nitrogens with zero attached hydrogens (tertiary/aromatic N) is 1. The number of fused-ring (bicyclic) bond motifs is 8. The van der Waals surface area contributed by atoms with Crippen LogP contribution in [0.25, 0.3) is 60.5 Å². The molecule has 0 saturated heterocycles. The lowest BCUT2D eigenvalue weighted by molar-refractivity contribution is 1.17. The molecule has 0 atom stereocenters. The van der Waals surface area contributed by atoms with Gasteiger partial charge in [-0.25, -0.2) is 0 Å². The summed E-state index contributed by atoms with van der Waals surface area (Å²) in [5.74, 6) is 0. The number of rotatable bonds is 1. The third kappa shape index (κ3) is 2.58. The molecule has 2 aliphatic rings. The SMILES string of the molecule is c1ccc2c(c1)Cc1cc3c4ccccc4n(-c4cc5c6c(cccc6c4)Cc4ccccc4-5)c3cc1-2. The second-order valence-electron chi connectivity index (χ2n) is 10.6. The molecular weight excluding hydrogens is 446 g/mol. The molecular formula is C36H23N. The van der Waals surface area contributed by atoms with Crippen LogP contribution in [0.5, 0.6) is 0 Å². The van der Waals surface area contributed by atoms with Gasteiger partial charge in [0, 0.05) is 16.5 Å². The summed E-state index contributed by atoms with van der Waals surface area (Å²) in [6.07, 6.45) is 2.02. The highest BCUT2D eigenvalue weighted by Crippen LogP contribution is 2.44. The van der Waals surface area contributed by atoms with E-state index >= 15 is 0 Å². The molecule has 0 saturated carbocycles. The molecule has 0 radical (unpaired) electrons. The van der Waals surface area contributed by atoms with E-state index in [1.807, 2.05) is 0 Å². The van der Waals surface area contributed by atoms with E-state index in [-0.39, 0.29) is 0 Å². The number of para-hydroxylation sites is 1. The van der Waals surface area contributed by atoms with E-state index in [0.717, 1.165) is 12.8 Å². The molecule has 1 heteroatoms. The van der Waals surface area contributed by atoms with Crippen molar-refractivity contribution in [3.63, 3.8) is 0 Å². The van der Waals surface area contributed by atoms with Crippen LogP contribution in [0.4, 0.5) is 0 Å². The zero-order chi connectivity index (χ0) is 24.1. The number of hydrogen-bond acceptors (Lipinski definition) is 0. The van der Waals surface area contributed by atoms with E-state index in [4.69, 9.17) is 0 Å². The van der Waals surface area contributed by atoms with Gasteiger partial charge in [-0.2, -0.15) is 0 Å². The van der Waals surface area contributed by atoms with Gasteiger partial charge in [-0.1, -0.05) is 84.9 Å². The van der Waals surface area contributed by atoms with Gasteiger partial charge >= 0.3 is 0 Å². The standard InChI is InChI=1S/C36H23N/c1-3-12-28-23(9-1)17-26-19-32-30-14-5-6-15-34(30)37(35(32)21-31(26)28)27-18-25-11-7-10-24-16-22-8-2-4-13-29(22)33(20-27)36(24)25/h1-15,18-21H,16-17H2. The van der Waals surface area contributed by atoms with Gasteiger partial charge < -0.3 is 4.57 Å². The lowest BCUT2D eigenvalue weighted by Crippen LogP contribution is -2.03. The molecule has 37 heavy (non-hydrogen) atoms. The predicted octanol–water partition coefficient (Wildman–Crippen LogP) is 9.08. The Morgan fingerprint density at radius 3 is 2.00 bits per heavy atom. The Morgan fingerprint density at radius 1 is 0.432 bits per heavy atom. The molecule has 0 aliphatic heterocycles. The Bertz CT molecular complexity index is 2090. The van der Waals surface area contributed by atoms with Crippen molar-refractivity contribution in [2.24, 2.45) is 0 Å². The molecule has 1 nitrogen and oxygen atoms in total. The number of benzene rings is 6. The topological polar surface area (TPSA) is 4.93 Å². The van der Waals surface area contributed by atoms with Crippen LogP contribution in [-0.2, 0) is 12.8 Å². The fourth-order valence-electron chi connectivity index (χ4n) is 7.00. The highest BCUT2D eigenvalue weighted by atomic mass is 15.0. The van der Waals surface area contributed by atoms with Crippen LogP contribution < -0.4 is 0 Å². The van der Waals surface area contributed by atoms with Gasteiger partial charge in [0.25, 0.3) is 0 Å². The maximum atomic E-state index is 2.49. The number of hydrogen-bond donors (Lipinski definition) is 0. The normalized spacial score (nSPS) is 13.2. The molecule has 6 aromatic carbocycles. The van der Waals surface area contributed by atoms with Crippen LogP contribution in [0.15, 0.2) is 115 Å². The summed E-state index contributed by atoms with van der Waals surface area (Å²) >= 11 is 0. The average molecular weight is 470 g/mol. The molecule has 2 aliphatic carbocycles. The lowest BCUT2D eigenvalue weighted by atomic mass is 9.83. The smallest absolute Gasteiger partial charge is 0.0547 e. The first kappa shape index (κ1) is 19.6. The minimum atomic E-state index is 1.00. The van der Waals surface area contributed by atoms with Gasteiger partial charge in [0.1, 0.15) is 0 Å². The molecule has 7 aromatic rings. The summed E-state index contributed by atoms with van der Waals surface area (Å²) in [5, 5.41) is 5.38. The van der Waals surface area contributed by atoms with Crippen LogP contribution in [0.1, 0.15) is 22.3 Å². The molecule has 0 spiro atoms. The Balaban J connectivity index is 1.41. The Kier molecular flexibility index (Phi) is 3.69. The molecule has 1 aromatic heterocycles. The molecule has 0 amide bonds. The first-order valence-electron chi connectivity index (χ1n) is 13.1. The molecule has 0 fully saturated rings. The van der Waals surface area contributed by atoms with Gasteiger partial charge in [-0.15, -0.1) is 0 Å². The molecule has 0 unspecified atom stereocenters. The molecule has 9 rings (SSSR count). The molecule has 0 N–H and O–H groups in total. The van der Waals surface area contributed by atoms with Crippen molar-refractivity contribution in [1.29, 1.82) is 0 Å². The quantitative estimate of drug-likeness (QED) is 0.226. The average Bonchev–Trinajstić information content (AvgIpc) is 3.47. The largest absolute Gasteiger partial charge is 0.309 e. The van der Waals surface area contributed by atoms with Gasteiger partial charge in [-0.05, 0) is 98.5 Å². The van der Waals surface area contributed by atoms with Crippen molar-refractivity contribution < 1.29 is 0 Å². The van der Waals surface area contributed by atoms with Crippen molar-refractivity contribution >= 4 is 32.6 Å². The Labute approximate surface area is 215 Å². The zero-order valence-corrected chi connectivity index (χ0v) is 20.3. The summed E-state index contributed by atoms with van der Waals surface area (Å²) in [6.45, 7) is 0. The maximum Gasteiger partial charge on any atom is 0.0547 e. The second kappa shape index (κ2) is 6.99. The zero-order valence-electron chi connectivity index (χ0n) is 20.3. The van der Waals surface area contributed by atoms with Crippen LogP contribution in [0.3, 0.4) is 0 Å². The summed E-state index contributed by atoms with van der Waals surface area (Å²) in [5.41, 5.74) is 14.9. The van der Waals surface area contributed by atoms with E-state index in [1.165, 1.54) is 82.8 Å². The van der Waals surface area contributed by atoms with E-state index < -0.39 is 0 Å². The summed E-state index contributed by atoms with van der Waals surface area (Å²) in [6, 6.07) is 43.2. The van der Waals surface area contributed by atoms with E-state index in [0.29, 0.717) is 0 Å². The summed E-state index contributed by atoms with van der Waals surface area (Å²) < 4.78 is 2.49. The predicted molar refractivity (Wildman–Crippen MR) is 155 cm³/mol. The monoisotopic (exact) mass is 469 g/mol. The molecule has 172 valence electrons. The van der Waals surface area contributed by atoms with Gasteiger partial charge in [0.15, 0.2) is 0 Å². The van der Waals surface area contributed by atoms with Crippen LogP contribution >= 0.6 is 0 Å². The van der Waals surface area contributed by atoms with Crippen molar-refractivity contribution in [3.05, 3.63) is 138 Å². The highest BCUT2D eigenvalue weighted by molar-refractivity contribution is 6.12. The molecule has 0 bridgehead atoms. The maximum absolute atomic E-state index is 2.49. The van der Waals surface area contributed by atoms with Crippen LogP contribution in [0, 0.1) is 0 Å². The minimum Gasteiger partial charge on any atom is -0.309 e. The lowest BCUT2D eigenvalue weighted by Gasteiger charge is -2.22. The number of aromatic nitrogens is 1. The fourth-order valence-corrected chi connectivity index (χ4v) is 7.00. The van der Waals surface area contributed by atoms with E-state index in [1.54, 1.807) is 0 Å². The van der Waals surface area contributed by atoms with Gasteiger partial charge in [0.05, 0.1) is 11.0 Å². The van der Waals surface area contributed by atoms with Crippen molar-refractivity contribution in [1.82, 2.24) is 4.57 Å². The highest BCUT2D eigenvalue weighted by Gasteiger charge is 2.23. The van der Waals surface area contributed by atoms with Crippen molar-refractivity contribution in [2.75, 3.05) is 0 Å². The van der Waals surface area contributed by atoms with E-state index in [9.17, 15) is 0 Å². The van der Waals surface area contributed by atoms with Gasteiger partial charge in [-0.3, -0.25) is 0 Å². The fraction of sp³-hybridized carbons (Fsp3) is 0.0556. The van der Waals surface area contributed by atoms with Crippen LogP contribution in [-0.4, -0.2) is 4.57 Å². The summed E-state index contributed by atoms with van der Waals surface area (Å²) in [4.78, 5) is 0. The minimum absolute atomic E-state index is 1.00. The van der Waals surface area contributed by atoms with Crippen molar-refractivity contribution in [3.8, 4) is 27.9 Å². The van der Waals surface area contributed by atoms with Gasteiger partial charge in [0.2, 0.25) is 0 Å². The first-order chi connectivity index (χ1) is 18.3. The Morgan fingerprint density at radius 2 is 1.14 bits per heavy atom. The van der Waals surface area contributed by atoms with Crippen LogP contribution in [0.2, 0.25) is 0 Å².